The van der Waals surface area contributed by atoms with Crippen LogP contribution in [0.2, 0.25) is 0 Å². The Hall–Kier alpha value is -2.10. The summed E-state index contributed by atoms with van der Waals surface area (Å²) < 4.78 is 10.1. The van der Waals surface area contributed by atoms with Crippen LogP contribution >= 0.6 is 0 Å². The van der Waals surface area contributed by atoms with E-state index in [2.05, 4.69) is 0 Å². The van der Waals surface area contributed by atoms with Gasteiger partial charge in [0.2, 0.25) is 0 Å². The molecule has 2 aromatic heterocycles. The van der Waals surface area contributed by atoms with Gasteiger partial charge in [0.15, 0.2) is 23.1 Å². The molecule has 0 atom stereocenters. The Morgan fingerprint density at radius 2 is 1.14 bits per heavy atom. The average Bonchev–Trinajstić information content (AvgIpc) is 3.18. The molecular formula is C17H20O4. The molecule has 2 heterocycles. The number of furan rings is 2. The lowest BCUT2D eigenvalue weighted by Crippen LogP contribution is -1.97. The van der Waals surface area contributed by atoms with Crippen molar-refractivity contribution in [1.82, 2.24) is 0 Å². The summed E-state index contributed by atoms with van der Waals surface area (Å²) in [5.41, 5.74) is 0. The molecule has 0 saturated carbocycles. The van der Waals surface area contributed by atoms with Crippen molar-refractivity contribution in [3.05, 3.63) is 48.3 Å². The van der Waals surface area contributed by atoms with E-state index in [0.29, 0.717) is 24.4 Å². The summed E-state index contributed by atoms with van der Waals surface area (Å²) in [5, 5.41) is 0. The Balaban J connectivity index is 1.49. The van der Waals surface area contributed by atoms with E-state index in [4.69, 9.17) is 8.83 Å². The highest BCUT2D eigenvalue weighted by atomic mass is 16.3. The Labute approximate surface area is 124 Å². The van der Waals surface area contributed by atoms with Crippen molar-refractivity contribution in [2.24, 2.45) is 0 Å². The van der Waals surface area contributed by atoms with Crippen molar-refractivity contribution in [2.45, 2.75) is 44.9 Å². The highest BCUT2D eigenvalue weighted by Gasteiger charge is 2.09. The number of Topliss-reactive ketones (excluding diaryl/α,β-unsaturated/α-hetero) is 2. The van der Waals surface area contributed by atoms with Gasteiger partial charge in [0.05, 0.1) is 12.5 Å². The van der Waals surface area contributed by atoms with Crippen molar-refractivity contribution in [3.8, 4) is 0 Å². The normalized spacial score (nSPS) is 10.7. The molecular weight excluding hydrogens is 268 g/mol. The van der Waals surface area contributed by atoms with E-state index in [0.717, 1.165) is 32.1 Å². The molecule has 0 fully saturated rings. The summed E-state index contributed by atoms with van der Waals surface area (Å²) in [4.78, 5) is 23.3. The van der Waals surface area contributed by atoms with E-state index in [9.17, 15) is 9.59 Å². The maximum absolute atomic E-state index is 11.7. The number of carbonyl (C=O) groups is 2. The molecule has 0 aromatic carbocycles. The van der Waals surface area contributed by atoms with Crippen molar-refractivity contribution >= 4 is 11.6 Å². The Morgan fingerprint density at radius 1 is 0.714 bits per heavy atom. The average molecular weight is 288 g/mol. The van der Waals surface area contributed by atoms with Crippen LogP contribution in [0.1, 0.15) is 66.1 Å². The summed E-state index contributed by atoms with van der Waals surface area (Å²) in [6.07, 6.45) is 8.86. The Kier molecular flexibility index (Phi) is 6.00. The fourth-order valence-electron chi connectivity index (χ4n) is 2.22. The number of carbonyl (C=O) groups excluding carboxylic acids is 2. The van der Waals surface area contributed by atoms with Gasteiger partial charge in [0.1, 0.15) is 0 Å². The highest BCUT2D eigenvalue weighted by Crippen LogP contribution is 2.13. The molecule has 0 bridgehead atoms. The predicted molar refractivity (Wildman–Crippen MR) is 78.4 cm³/mol. The molecule has 2 rings (SSSR count). The highest BCUT2D eigenvalue weighted by molar-refractivity contribution is 5.93. The largest absolute Gasteiger partial charge is 0.461 e. The van der Waals surface area contributed by atoms with Crippen LogP contribution in [0.3, 0.4) is 0 Å². The van der Waals surface area contributed by atoms with E-state index in [1.807, 2.05) is 0 Å². The zero-order chi connectivity index (χ0) is 14.9. The lowest BCUT2D eigenvalue weighted by molar-refractivity contribution is 0.0947. The van der Waals surface area contributed by atoms with Crippen LogP contribution in [0.25, 0.3) is 0 Å². The van der Waals surface area contributed by atoms with Gasteiger partial charge in [-0.1, -0.05) is 19.3 Å². The van der Waals surface area contributed by atoms with E-state index < -0.39 is 0 Å². The minimum absolute atomic E-state index is 0.0630. The first-order valence-corrected chi connectivity index (χ1v) is 7.41. The van der Waals surface area contributed by atoms with E-state index >= 15 is 0 Å². The maximum Gasteiger partial charge on any atom is 0.197 e. The number of rotatable bonds is 10. The molecule has 0 N–H and O–H groups in total. The van der Waals surface area contributed by atoms with Crippen molar-refractivity contribution in [2.75, 3.05) is 0 Å². The topological polar surface area (TPSA) is 60.4 Å². The van der Waals surface area contributed by atoms with Crippen molar-refractivity contribution in [3.63, 3.8) is 0 Å². The van der Waals surface area contributed by atoms with Crippen LogP contribution in [0, 0.1) is 0 Å². The van der Waals surface area contributed by atoms with Crippen molar-refractivity contribution < 1.29 is 18.4 Å². The van der Waals surface area contributed by atoms with Gasteiger partial charge in [-0.3, -0.25) is 9.59 Å². The summed E-state index contributed by atoms with van der Waals surface area (Å²) in [7, 11) is 0. The first-order valence-electron chi connectivity index (χ1n) is 7.41. The third-order valence-electron chi connectivity index (χ3n) is 3.40. The molecule has 2 aromatic rings. The van der Waals surface area contributed by atoms with Gasteiger partial charge in [-0.05, 0) is 37.1 Å². The number of ketones is 2. The summed E-state index contributed by atoms with van der Waals surface area (Å²) in [6, 6.07) is 6.84. The second-order valence-corrected chi connectivity index (χ2v) is 5.07. The number of hydrogen-bond donors (Lipinski definition) is 0. The first kappa shape index (κ1) is 15.3. The first-order chi connectivity index (χ1) is 10.3. The number of unbranched alkanes of at least 4 members (excludes halogenated alkanes) is 4. The minimum atomic E-state index is 0.0630. The quantitative estimate of drug-likeness (QED) is 0.471. The van der Waals surface area contributed by atoms with Crippen LogP contribution in [-0.4, -0.2) is 11.6 Å². The smallest absolute Gasteiger partial charge is 0.197 e. The summed E-state index contributed by atoms with van der Waals surface area (Å²) in [6.45, 7) is 0. The van der Waals surface area contributed by atoms with Crippen LogP contribution in [-0.2, 0) is 0 Å². The Morgan fingerprint density at radius 3 is 1.52 bits per heavy atom. The molecule has 0 aliphatic carbocycles. The van der Waals surface area contributed by atoms with Gasteiger partial charge >= 0.3 is 0 Å². The van der Waals surface area contributed by atoms with E-state index in [1.54, 1.807) is 24.3 Å². The van der Waals surface area contributed by atoms with E-state index in [-0.39, 0.29) is 11.6 Å². The SMILES string of the molecule is O=C(CCCCCCCC(=O)c1ccco1)c1ccco1. The van der Waals surface area contributed by atoms with Gasteiger partial charge in [-0.15, -0.1) is 0 Å². The molecule has 4 heteroatoms. The van der Waals surface area contributed by atoms with Crippen LogP contribution in [0.4, 0.5) is 0 Å². The van der Waals surface area contributed by atoms with Gasteiger partial charge in [0.25, 0.3) is 0 Å². The minimum Gasteiger partial charge on any atom is -0.461 e. The zero-order valence-electron chi connectivity index (χ0n) is 12.0. The second kappa shape index (κ2) is 8.25. The third-order valence-corrected chi connectivity index (χ3v) is 3.40. The monoisotopic (exact) mass is 288 g/mol. The molecule has 0 saturated heterocycles. The molecule has 0 spiro atoms. The molecule has 0 aliphatic rings. The van der Waals surface area contributed by atoms with Crippen LogP contribution < -0.4 is 0 Å². The lowest BCUT2D eigenvalue weighted by Gasteiger charge is -2.00. The molecule has 0 unspecified atom stereocenters. The molecule has 112 valence electrons. The van der Waals surface area contributed by atoms with E-state index in [1.165, 1.54) is 12.5 Å². The van der Waals surface area contributed by atoms with Gasteiger partial charge in [-0.2, -0.15) is 0 Å². The zero-order valence-corrected chi connectivity index (χ0v) is 12.0. The van der Waals surface area contributed by atoms with Crippen LogP contribution in [0.5, 0.6) is 0 Å². The fraction of sp³-hybridized carbons (Fsp3) is 0.412. The predicted octanol–water partition coefficient (Wildman–Crippen LogP) is 4.67. The summed E-state index contributed by atoms with van der Waals surface area (Å²) in [5.74, 6) is 1.01. The van der Waals surface area contributed by atoms with Gasteiger partial charge in [0, 0.05) is 12.8 Å². The third kappa shape index (κ3) is 5.06. The molecule has 0 aliphatic heterocycles. The summed E-state index contributed by atoms with van der Waals surface area (Å²) >= 11 is 0. The second-order valence-electron chi connectivity index (χ2n) is 5.07. The molecule has 0 amide bonds. The molecule has 0 radical (unpaired) electrons. The van der Waals surface area contributed by atoms with Gasteiger partial charge in [-0.25, -0.2) is 0 Å². The standard InChI is InChI=1S/C17H20O4/c18-14(16-10-6-12-20-16)8-4-2-1-3-5-9-15(19)17-11-7-13-21-17/h6-7,10-13H,1-5,8-9H2. The van der Waals surface area contributed by atoms with Crippen molar-refractivity contribution in [1.29, 1.82) is 0 Å². The lowest BCUT2D eigenvalue weighted by atomic mass is 10.1. The van der Waals surface area contributed by atoms with Gasteiger partial charge < -0.3 is 8.83 Å². The maximum atomic E-state index is 11.7. The Bertz CT molecular complexity index is 487. The fourth-order valence-corrected chi connectivity index (χ4v) is 2.22. The molecule has 21 heavy (non-hydrogen) atoms. The van der Waals surface area contributed by atoms with Crippen LogP contribution in [0.15, 0.2) is 45.6 Å². The number of hydrogen-bond acceptors (Lipinski definition) is 4. The molecule has 4 nitrogen and oxygen atoms in total.